The first-order chi connectivity index (χ1) is 5.72. The van der Waals surface area contributed by atoms with Gasteiger partial charge in [0, 0.05) is 6.07 Å². The van der Waals surface area contributed by atoms with Crippen molar-refractivity contribution in [3.63, 3.8) is 0 Å². The molecule has 0 N–H and O–H groups in total. The number of ether oxygens (including phenoxy) is 1. The first-order valence-electron chi connectivity index (χ1n) is 4.40. The van der Waals surface area contributed by atoms with Gasteiger partial charge in [0.25, 0.3) is 0 Å². The molecule has 0 aliphatic carbocycles. The Bertz CT molecular complexity index is 241. The summed E-state index contributed by atoms with van der Waals surface area (Å²) in [6, 6.07) is 9.22. The Hall–Kier alpha value is -0.980. The van der Waals surface area contributed by atoms with Crippen LogP contribution in [0, 0.1) is 6.07 Å². The zero-order chi connectivity index (χ0) is 8.97. The van der Waals surface area contributed by atoms with Gasteiger partial charge in [-0.3, -0.25) is 0 Å². The average Bonchev–Trinajstić information content (AvgIpc) is 2.03. The van der Waals surface area contributed by atoms with E-state index >= 15 is 0 Å². The van der Waals surface area contributed by atoms with E-state index in [4.69, 9.17) is 4.74 Å². The predicted octanol–water partition coefficient (Wildman–Crippen LogP) is 2.84. The molecule has 0 saturated carbocycles. The SMILES string of the molecule is CCc1[c]c(OC(C)C)ccc1. The minimum Gasteiger partial charge on any atom is -0.490 e. The molecule has 0 heterocycles. The van der Waals surface area contributed by atoms with Gasteiger partial charge in [-0.05, 0) is 31.9 Å². The lowest BCUT2D eigenvalue weighted by Gasteiger charge is -2.09. The Morgan fingerprint density at radius 1 is 1.42 bits per heavy atom. The van der Waals surface area contributed by atoms with Crippen molar-refractivity contribution in [3.8, 4) is 5.75 Å². The second-order valence-electron chi connectivity index (χ2n) is 3.06. The van der Waals surface area contributed by atoms with Crippen LogP contribution in [0.15, 0.2) is 18.2 Å². The molecule has 0 atom stereocenters. The Morgan fingerprint density at radius 3 is 2.75 bits per heavy atom. The van der Waals surface area contributed by atoms with Gasteiger partial charge in [-0.25, -0.2) is 0 Å². The highest BCUT2D eigenvalue weighted by atomic mass is 16.5. The van der Waals surface area contributed by atoms with Gasteiger partial charge < -0.3 is 4.74 Å². The molecule has 0 bridgehead atoms. The Balaban J connectivity index is 2.72. The quantitative estimate of drug-likeness (QED) is 0.665. The molecule has 1 aromatic rings. The van der Waals surface area contributed by atoms with Gasteiger partial charge in [0.1, 0.15) is 5.75 Å². The highest BCUT2D eigenvalue weighted by Crippen LogP contribution is 2.13. The van der Waals surface area contributed by atoms with E-state index in [1.807, 2.05) is 26.0 Å². The molecule has 0 aromatic heterocycles. The molecule has 1 aromatic carbocycles. The van der Waals surface area contributed by atoms with Gasteiger partial charge in [-0.15, -0.1) is 0 Å². The van der Waals surface area contributed by atoms with E-state index < -0.39 is 0 Å². The summed E-state index contributed by atoms with van der Waals surface area (Å²) in [6.07, 6.45) is 1.24. The Labute approximate surface area is 74.4 Å². The van der Waals surface area contributed by atoms with E-state index in [0.29, 0.717) is 0 Å². The molecule has 65 valence electrons. The number of hydrogen-bond acceptors (Lipinski definition) is 1. The lowest BCUT2D eigenvalue weighted by molar-refractivity contribution is 0.241. The van der Waals surface area contributed by atoms with E-state index in [-0.39, 0.29) is 6.10 Å². The first kappa shape index (κ1) is 9.11. The fourth-order valence-electron chi connectivity index (χ4n) is 1.02. The van der Waals surface area contributed by atoms with Crippen molar-refractivity contribution in [2.24, 2.45) is 0 Å². The first-order valence-corrected chi connectivity index (χ1v) is 4.40. The summed E-state index contributed by atoms with van der Waals surface area (Å²) >= 11 is 0. The smallest absolute Gasteiger partial charge is 0.127 e. The van der Waals surface area contributed by atoms with Crippen molar-refractivity contribution >= 4 is 0 Å². The van der Waals surface area contributed by atoms with Gasteiger partial charge in [0.15, 0.2) is 0 Å². The van der Waals surface area contributed by atoms with Crippen molar-refractivity contribution < 1.29 is 4.74 Å². The Morgan fingerprint density at radius 2 is 2.17 bits per heavy atom. The fraction of sp³-hybridized carbons (Fsp3) is 0.455. The van der Waals surface area contributed by atoms with Crippen LogP contribution in [0.25, 0.3) is 0 Å². The van der Waals surface area contributed by atoms with Crippen LogP contribution in [0.3, 0.4) is 0 Å². The zero-order valence-corrected chi connectivity index (χ0v) is 7.92. The predicted molar refractivity (Wildman–Crippen MR) is 50.4 cm³/mol. The Kier molecular flexibility index (Phi) is 3.15. The minimum atomic E-state index is 0.230. The lowest BCUT2D eigenvalue weighted by Crippen LogP contribution is -2.05. The summed E-state index contributed by atoms with van der Waals surface area (Å²) in [4.78, 5) is 0. The number of rotatable bonds is 3. The molecule has 0 saturated heterocycles. The maximum absolute atomic E-state index is 5.50. The van der Waals surface area contributed by atoms with Crippen LogP contribution in [-0.4, -0.2) is 6.10 Å². The molecule has 12 heavy (non-hydrogen) atoms. The monoisotopic (exact) mass is 163 g/mol. The largest absolute Gasteiger partial charge is 0.490 e. The average molecular weight is 163 g/mol. The van der Waals surface area contributed by atoms with E-state index in [9.17, 15) is 0 Å². The van der Waals surface area contributed by atoms with Gasteiger partial charge in [-0.1, -0.05) is 19.1 Å². The molecule has 0 aliphatic heterocycles. The molecule has 1 heteroatoms. The summed E-state index contributed by atoms with van der Waals surface area (Å²) < 4.78 is 5.50. The second kappa shape index (κ2) is 4.15. The lowest BCUT2D eigenvalue weighted by atomic mass is 10.2. The van der Waals surface area contributed by atoms with Crippen LogP contribution in [0.2, 0.25) is 0 Å². The normalized spacial score (nSPS) is 10.3. The third-order valence-electron chi connectivity index (χ3n) is 1.57. The van der Waals surface area contributed by atoms with Crippen LogP contribution < -0.4 is 4.74 Å². The summed E-state index contributed by atoms with van der Waals surface area (Å²) in [5.41, 5.74) is 1.20. The molecular weight excluding hydrogens is 148 g/mol. The van der Waals surface area contributed by atoms with Gasteiger partial charge >= 0.3 is 0 Å². The fourth-order valence-corrected chi connectivity index (χ4v) is 1.02. The summed E-state index contributed by atoms with van der Waals surface area (Å²) in [5.74, 6) is 0.851. The molecule has 0 unspecified atom stereocenters. The van der Waals surface area contributed by atoms with Crippen LogP contribution in [0.5, 0.6) is 5.75 Å². The molecule has 0 amide bonds. The molecule has 1 rings (SSSR count). The summed E-state index contributed by atoms with van der Waals surface area (Å²) in [6.45, 7) is 6.16. The van der Waals surface area contributed by atoms with Crippen LogP contribution >= 0.6 is 0 Å². The number of benzene rings is 1. The standard InChI is InChI=1S/C11H15O/c1-4-10-6-5-7-11(8-10)12-9(2)3/h5-7,9H,4H2,1-3H3. The molecule has 1 radical (unpaired) electrons. The highest BCUT2D eigenvalue weighted by molar-refractivity contribution is 5.26. The molecule has 0 spiro atoms. The van der Waals surface area contributed by atoms with Gasteiger partial charge in [0.2, 0.25) is 0 Å². The van der Waals surface area contributed by atoms with Crippen molar-refractivity contribution in [1.29, 1.82) is 0 Å². The molecule has 1 nitrogen and oxygen atoms in total. The van der Waals surface area contributed by atoms with Crippen molar-refractivity contribution in [3.05, 3.63) is 29.8 Å². The summed E-state index contributed by atoms with van der Waals surface area (Å²) in [5, 5.41) is 0. The minimum absolute atomic E-state index is 0.230. The van der Waals surface area contributed by atoms with Crippen LogP contribution in [0.4, 0.5) is 0 Å². The maximum atomic E-state index is 5.50. The third kappa shape index (κ3) is 2.57. The van der Waals surface area contributed by atoms with Gasteiger partial charge in [-0.2, -0.15) is 0 Å². The number of aryl methyl sites for hydroxylation is 1. The topological polar surface area (TPSA) is 9.23 Å². The molecular formula is C11H15O. The maximum Gasteiger partial charge on any atom is 0.127 e. The van der Waals surface area contributed by atoms with Crippen molar-refractivity contribution in [2.45, 2.75) is 33.3 Å². The van der Waals surface area contributed by atoms with Crippen LogP contribution in [-0.2, 0) is 6.42 Å². The van der Waals surface area contributed by atoms with Gasteiger partial charge in [0.05, 0.1) is 6.10 Å². The van der Waals surface area contributed by atoms with Crippen molar-refractivity contribution in [1.82, 2.24) is 0 Å². The van der Waals surface area contributed by atoms with E-state index in [0.717, 1.165) is 12.2 Å². The zero-order valence-electron chi connectivity index (χ0n) is 7.92. The number of hydrogen-bond donors (Lipinski definition) is 0. The van der Waals surface area contributed by atoms with Crippen molar-refractivity contribution in [2.75, 3.05) is 0 Å². The van der Waals surface area contributed by atoms with E-state index in [2.05, 4.69) is 19.1 Å². The van der Waals surface area contributed by atoms with Crippen LogP contribution in [0.1, 0.15) is 26.3 Å². The van der Waals surface area contributed by atoms with E-state index in [1.54, 1.807) is 0 Å². The summed E-state index contributed by atoms with van der Waals surface area (Å²) in [7, 11) is 0. The van der Waals surface area contributed by atoms with E-state index in [1.165, 1.54) is 5.56 Å². The third-order valence-corrected chi connectivity index (χ3v) is 1.57. The molecule has 0 aliphatic rings. The second-order valence-corrected chi connectivity index (χ2v) is 3.06. The molecule has 0 fully saturated rings. The highest BCUT2D eigenvalue weighted by Gasteiger charge is 1.97.